The Kier molecular flexibility index (Phi) is 5.96. The van der Waals surface area contributed by atoms with Crippen molar-refractivity contribution in [1.29, 1.82) is 0 Å². The lowest BCUT2D eigenvalue weighted by Crippen LogP contribution is -2.00. The molecule has 4 aromatic rings. The van der Waals surface area contributed by atoms with Crippen LogP contribution in [-0.4, -0.2) is 27.9 Å². The fourth-order valence-electron chi connectivity index (χ4n) is 3.01. The molecule has 0 aliphatic carbocycles. The van der Waals surface area contributed by atoms with Gasteiger partial charge in [0.25, 0.3) is 0 Å². The predicted molar refractivity (Wildman–Crippen MR) is 121 cm³/mol. The molecule has 0 fully saturated rings. The Bertz CT molecular complexity index is 1230. The molecule has 0 aliphatic rings. The SMILES string of the molecule is O=C(O)Cc1ccsc1-c1ccc(-c2sc(C(=O)c3cccs3)cc2CC(=O)O)s1. The third kappa shape index (κ3) is 4.29. The van der Waals surface area contributed by atoms with Gasteiger partial charge in [0.1, 0.15) is 0 Å². The molecule has 5 nitrogen and oxygen atoms in total. The van der Waals surface area contributed by atoms with Crippen LogP contribution in [0.15, 0.2) is 47.2 Å². The molecule has 0 radical (unpaired) electrons. The summed E-state index contributed by atoms with van der Waals surface area (Å²) < 4.78 is 0. The second-order valence-corrected chi connectivity index (χ2v) is 10.4. The molecule has 4 rings (SSSR count). The van der Waals surface area contributed by atoms with Gasteiger partial charge in [0.2, 0.25) is 5.78 Å². The summed E-state index contributed by atoms with van der Waals surface area (Å²) in [6.45, 7) is 0. The van der Waals surface area contributed by atoms with E-state index in [1.807, 2.05) is 35.0 Å². The van der Waals surface area contributed by atoms with Crippen LogP contribution in [0.1, 0.15) is 25.7 Å². The molecule has 0 amide bonds. The standard InChI is InChI=1S/C21H14O5S4/c22-17(23)9-11-5-7-28-20(11)14-3-4-15(29-14)21-12(10-18(24)25)8-16(30-21)19(26)13-2-1-6-27-13/h1-8H,9-10H2,(H,22,23)(H,24,25). The zero-order chi connectivity index (χ0) is 21.3. The molecule has 152 valence electrons. The Morgan fingerprint density at radius 3 is 2.10 bits per heavy atom. The fourth-order valence-corrected chi connectivity index (χ4v) is 7.13. The van der Waals surface area contributed by atoms with Gasteiger partial charge in [0.05, 0.1) is 22.6 Å². The fraction of sp³-hybridized carbons (Fsp3) is 0.0952. The van der Waals surface area contributed by atoms with E-state index in [0.717, 1.165) is 25.1 Å². The summed E-state index contributed by atoms with van der Waals surface area (Å²) in [5.74, 6) is -1.94. The first kappa shape index (κ1) is 20.7. The van der Waals surface area contributed by atoms with E-state index < -0.39 is 11.9 Å². The monoisotopic (exact) mass is 474 g/mol. The molecule has 0 bridgehead atoms. The van der Waals surface area contributed by atoms with E-state index in [2.05, 4.69) is 0 Å². The average Bonchev–Trinajstić information content (AvgIpc) is 3.46. The minimum Gasteiger partial charge on any atom is -0.481 e. The Morgan fingerprint density at radius 2 is 1.43 bits per heavy atom. The molecule has 30 heavy (non-hydrogen) atoms. The van der Waals surface area contributed by atoms with E-state index in [-0.39, 0.29) is 18.6 Å². The summed E-state index contributed by atoms with van der Waals surface area (Å²) in [6.07, 6.45) is -0.213. The number of ketones is 1. The third-order valence-corrected chi connectivity index (χ3v) is 8.71. The van der Waals surface area contributed by atoms with E-state index in [0.29, 0.717) is 15.3 Å². The Labute approximate surface area is 187 Å². The molecule has 0 atom stereocenters. The molecule has 4 heterocycles. The Balaban J connectivity index is 1.72. The number of carbonyl (C=O) groups is 3. The van der Waals surface area contributed by atoms with E-state index in [1.165, 1.54) is 45.3 Å². The zero-order valence-electron chi connectivity index (χ0n) is 15.3. The van der Waals surface area contributed by atoms with Crippen LogP contribution < -0.4 is 0 Å². The van der Waals surface area contributed by atoms with Crippen LogP contribution in [0, 0.1) is 0 Å². The van der Waals surface area contributed by atoms with Crippen LogP contribution in [0.25, 0.3) is 19.5 Å². The van der Waals surface area contributed by atoms with Crippen molar-refractivity contribution in [3.05, 3.63) is 68.0 Å². The van der Waals surface area contributed by atoms with Crippen LogP contribution in [0.5, 0.6) is 0 Å². The lowest BCUT2D eigenvalue weighted by molar-refractivity contribution is -0.137. The summed E-state index contributed by atoms with van der Waals surface area (Å²) in [5, 5.41) is 22.1. The van der Waals surface area contributed by atoms with Gasteiger partial charge in [-0.3, -0.25) is 14.4 Å². The lowest BCUT2D eigenvalue weighted by Gasteiger charge is -1.99. The highest BCUT2D eigenvalue weighted by molar-refractivity contribution is 7.27. The first-order chi connectivity index (χ1) is 14.4. The van der Waals surface area contributed by atoms with Crippen molar-refractivity contribution in [2.24, 2.45) is 0 Å². The zero-order valence-corrected chi connectivity index (χ0v) is 18.6. The molecule has 0 aliphatic heterocycles. The number of carbonyl (C=O) groups excluding carboxylic acids is 1. The van der Waals surface area contributed by atoms with Crippen molar-refractivity contribution in [3.8, 4) is 19.5 Å². The quantitative estimate of drug-likeness (QED) is 0.317. The maximum absolute atomic E-state index is 12.8. The van der Waals surface area contributed by atoms with Crippen molar-refractivity contribution in [3.63, 3.8) is 0 Å². The highest BCUT2D eigenvalue weighted by atomic mass is 32.1. The Morgan fingerprint density at radius 1 is 0.733 bits per heavy atom. The minimum absolute atomic E-state index is 0.0468. The van der Waals surface area contributed by atoms with Crippen molar-refractivity contribution < 1.29 is 24.6 Å². The molecule has 9 heteroatoms. The summed E-state index contributed by atoms with van der Waals surface area (Å²) in [6, 6.07) is 10.9. The highest BCUT2D eigenvalue weighted by Gasteiger charge is 2.21. The summed E-state index contributed by atoms with van der Waals surface area (Å²) in [5.41, 5.74) is 1.36. The molecule has 0 spiro atoms. The van der Waals surface area contributed by atoms with Gasteiger partial charge in [0, 0.05) is 19.5 Å². The van der Waals surface area contributed by atoms with Gasteiger partial charge in [-0.25, -0.2) is 0 Å². The van der Waals surface area contributed by atoms with Gasteiger partial charge in [-0.1, -0.05) is 6.07 Å². The van der Waals surface area contributed by atoms with Crippen LogP contribution >= 0.6 is 45.3 Å². The average molecular weight is 475 g/mol. The normalized spacial score (nSPS) is 10.9. The maximum Gasteiger partial charge on any atom is 0.307 e. The first-order valence-electron chi connectivity index (χ1n) is 8.74. The van der Waals surface area contributed by atoms with E-state index in [9.17, 15) is 19.5 Å². The number of aliphatic carboxylic acids is 2. The second-order valence-electron chi connectivity index (χ2n) is 6.35. The van der Waals surface area contributed by atoms with E-state index >= 15 is 0 Å². The van der Waals surface area contributed by atoms with Gasteiger partial charge < -0.3 is 10.2 Å². The number of thiophene rings is 4. The van der Waals surface area contributed by atoms with E-state index in [1.54, 1.807) is 12.1 Å². The maximum atomic E-state index is 12.8. The second kappa shape index (κ2) is 8.65. The Hall–Kier alpha value is -2.59. The molecule has 0 aromatic carbocycles. The van der Waals surface area contributed by atoms with Crippen LogP contribution in [-0.2, 0) is 22.4 Å². The van der Waals surface area contributed by atoms with Crippen molar-refractivity contribution >= 4 is 63.1 Å². The molecule has 0 unspecified atom stereocenters. The van der Waals surface area contributed by atoms with Crippen LogP contribution in [0.4, 0.5) is 0 Å². The number of carboxylic acid groups (broad SMARTS) is 2. The number of rotatable bonds is 8. The minimum atomic E-state index is -0.956. The largest absolute Gasteiger partial charge is 0.481 e. The van der Waals surface area contributed by atoms with Gasteiger partial charge in [0.15, 0.2) is 0 Å². The van der Waals surface area contributed by atoms with Gasteiger partial charge in [-0.2, -0.15) is 0 Å². The predicted octanol–water partition coefficient (Wildman–Crippen LogP) is 5.75. The number of carboxylic acids is 2. The number of hydrogen-bond acceptors (Lipinski definition) is 7. The van der Waals surface area contributed by atoms with Crippen molar-refractivity contribution in [2.75, 3.05) is 0 Å². The molecule has 4 aromatic heterocycles. The van der Waals surface area contributed by atoms with Crippen LogP contribution in [0.3, 0.4) is 0 Å². The molecule has 0 saturated carbocycles. The van der Waals surface area contributed by atoms with Gasteiger partial charge in [-0.05, 0) is 52.2 Å². The van der Waals surface area contributed by atoms with Crippen molar-refractivity contribution in [1.82, 2.24) is 0 Å². The molecular weight excluding hydrogens is 460 g/mol. The van der Waals surface area contributed by atoms with Gasteiger partial charge in [-0.15, -0.1) is 45.3 Å². The van der Waals surface area contributed by atoms with Crippen LogP contribution in [0.2, 0.25) is 0 Å². The molecule has 2 N–H and O–H groups in total. The molecule has 0 saturated heterocycles. The number of hydrogen-bond donors (Lipinski definition) is 2. The summed E-state index contributed by atoms with van der Waals surface area (Å²) in [4.78, 5) is 39.8. The smallest absolute Gasteiger partial charge is 0.307 e. The lowest BCUT2D eigenvalue weighted by atomic mass is 10.1. The molecular formula is C21H14O5S4. The summed E-state index contributed by atoms with van der Waals surface area (Å²) in [7, 11) is 0. The third-order valence-electron chi connectivity index (χ3n) is 4.26. The van der Waals surface area contributed by atoms with E-state index in [4.69, 9.17) is 5.11 Å². The van der Waals surface area contributed by atoms with Crippen molar-refractivity contribution in [2.45, 2.75) is 12.8 Å². The van der Waals surface area contributed by atoms with Gasteiger partial charge >= 0.3 is 11.9 Å². The summed E-state index contributed by atoms with van der Waals surface area (Å²) >= 11 is 5.61. The highest BCUT2D eigenvalue weighted by Crippen LogP contribution is 2.43. The topological polar surface area (TPSA) is 91.7 Å². The first-order valence-corrected chi connectivity index (χ1v) is 12.1.